The van der Waals surface area contributed by atoms with Crippen LogP contribution in [0.3, 0.4) is 0 Å². The fourth-order valence-electron chi connectivity index (χ4n) is 2.26. The Labute approximate surface area is 88.9 Å². The predicted octanol–water partition coefficient (Wildman–Crippen LogP) is 0.840. The Balaban J connectivity index is 1.98. The van der Waals surface area contributed by atoms with Crippen molar-refractivity contribution in [3.63, 3.8) is 0 Å². The van der Waals surface area contributed by atoms with E-state index in [9.17, 15) is 0 Å². The van der Waals surface area contributed by atoms with Crippen molar-refractivity contribution in [2.75, 3.05) is 6.54 Å². The van der Waals surface area contributed by atoms with Crippen molar-refractivity contribution < 1.29 is 0 Å². The SMILES string of the molecule is N#Cc1cnn(C2CCC(CCN)C2)n1. The van der Waals surface area contributed by atoms with Crippen molar-refractivity contribution in [2.24, 2.45) is 11.7 Å². The lowest BCUT2D eigenvalue weighted by Crippen LogP contribution is -2.10. The van der Waals surface area contributed by atoms with E-state index in [-0.39, 0.29) is 0 Å². The predicted molar refractivity (Wildman–Crippen MR) is 54.8 cm³/mol. The van der Waals surface area contributed by atoms with Gasteiger partial charge >= 0.3 is 0 Å². The fraction of sp³-hybridized carbons (Fsp3) is 0.700. The monoisotopic (exact) mass is 205 g/mol. The van der Waals surface area contributed by atoms with Crippen LogP contribution in [0.25, 0.3) is 0 Å². The summed E-state index contributed by atoms with van der Waals surface area (Å²) in [7, 11) is 0. The zero-order valence-electron chi connectivity index (χ0n) is 8.63. The number of nitrogens with two attached hydrogens (primary N) is 1. The van der Waals surface area contributed by atoms with Crippen LogP contribution >= 0.6 is 0 Å². The van der Waals surface area contributed by atoms with E-state index >= 15 is 0 Å². The van der Waals surface area contributed by atoms with Gasteiger partial charge in [-0.05, 0) is 38.1 Å². The summed E-state index contributed by atoms with van der Waals surface area (Å²) in [6.07, 6.45) is 6.01. The van der Waals surface area contributed by atoms with Gasteiger partial charge in [-0.2, -0.15) is 15.2 Å². The zero-order valence-corrected chi connectivity index (χ0v) is 8.63. The summed E-state index contributed by atoms with van der Waals surface area (Å²) in [6, 6.07) is 2.36. The minimum Gasteiger partial charge on any atom is -0.330 e. The van der Waals surface area contributed by atoms with Crippen molar-refractivity contribution in [1.29, 1.82) is 5.26 Å². The molecule has 1 saturated carbocycles. The molecule has 0 aliphatic heterocycles. The molecule has 2 unspecified atom stereocenters. The van der Waals surface area contributed by atoms with Gasteiger partial charge < -0.3 is 5.73 Å². The van der Waals surface area contributed by atoms with Gasteiger partial charge in [0.1, 0.15) is 6.07 Å². The summed E-state index contributed by atoms with van der Waals surface area (Å²) >= 11 is 0. The lowest BCUT2D eigenvalue weighted by atomic mass is 10.0. The summed E-state index contributed by atoms with van der Waals surface area (Å²) in [6.45, 7) is 0.757. The Kier molecular flexibility index (Phi) is 2.97. The molecule has 1 aromatic heterocycles. The average Bonchev–Trinajstić information content (AvgIpc) is 2.85. The lowest BCUT2D eigenvalue weighted by Gasteiger charge is -2.09. The van der Waals surface area contributed by atoms with Gasteiger partial charge in [0.25, 0.3) is 0 Å². The number of nitrogens with zero attached hydrogens (tertiary/aromatic N) is 4. The van der Waals surface area contributed by atoms with E-state index in [0.29, 0.717) is 17.7 Å². The molecule has 2 atom stereocenters. The van der Waals surface area contributed by atoms with E-state index < -0.39 is 0 Å². The Morgan fingerprint density at radius 3 is 3.13 bits per heavy atom. The van der Waals surface area contributed by atoms with Gasteiger partial charge in [-0.1, -0.05) is 0 Å². The standard InChI is InChI=1S/C10H15N5/c11-4-3-8-1-2-10(5-8)15-13-7-9(6-12)14-15/h7-8,10H,1-5,11H2. The van der Waals surface area contributed by atoms with Crippen LogP contribution in [0, 0.1) is 17.2 Å². The third-order valence-electron chi connectivity index (χ3n) is 3.04. The van der Waals surface area contributed by atoms with Crippen molar-refractivity contribution in [3.8, 4) is 6.07 Å². The molecular weight excluding hydrogens is 190 g/mol. The van der Waals surface area contributed by atoms with Gasteiger partial charge in [-0.25, -0.2) is 0 Å². The van der Waals surface area contributed by atoms with Gasteiger partial charge in [0.15, 0.2) is 5.69 Å². The highest BCUT2D eigenvalue weighted by atomic mass is 15.5. The highest BCUT2D eigenvalue weighted by molar-refractivity contribution is 5.12. The van der Waals surface area contributed by atoms with Crippen molar-refractivity contribution >= 4 is 0 Å². The topological polar surface area (TPSA) is 80.5 Å². The van der Waals surface area contributed by atoms with Crippen LogP contribution in [-0.4, -0.2) is 21.5 Å². The Morgan fingerprint density at radius 2 is 2.47 bits per heavy atom. The summed E-state index contributed by atoms with van der Waals surface area (Å²) in [4.78, 5) is 1.69. The van der Waals surface area contributed by atoms with Gasteiger partial charge in [-0.15, -0.1) is 5.10 Å². The summed E-state index contributed by atoms with van der Waals surface area (Å²) in [5.41, 5.74) is 5.94. The number of aromatic nitrogens is 3. The van der Waals surface area contributed by atoms with E-state index in [4.69, 9.17) is 11.0 Å². The smallest absolute Gasteiger partial charge is 0.182 e. The van der Waals surface area contributed by atoms with Gasteiger partial charge in [0, 0.05) is 0 Å². The van der Waals surface area contributed by atoms with Crippen molar-refractivity contribution in [2.45, 2.75) is 31.7 Å². The molecule has 0 saturated heterocycles. The highest BCUT2D eigenvalue weighted by Gasteiger charge is 2.26. The van der Waals surface area contributed by atoms with E-state index in [1.807, 2.05) is 6.07 Å². The minimum atomic E-state index is 0.364. The first-order valence-corrected chi connectivity index (χ1v) is 5.35. The number of hydrogen-bond donors (Lipinski definition) is 1. The zero-order chi connectivity index (χ0) is 10.7. The minimum absolute atomic E-state index is 0.364. The van der Waals surface area contributed by atoms with Crippen LogP contribution in [0.5, 0.6) is 0 Å². The molecule has 5 heteroatoms. The van der Waals surface area contributed by atoms with E-state index in [0.717, 1.165) is 25.8 Å². The van der Waals surface area contributed by atoms with Crippen LogP contribution in [0.1, 0.15) is 37.4 Å². The molecule has 1 aliphatic carbocycles. The molecular formula is C10H15N5. The number of rotatable bonds is 3. The molecule has 0 bridgehead atoms. The average molecular weight is 205 g/mol. The molecule has 1 aromatic rings. The maximum absolute atomic E-state index is 8.65. The van der Waals surface area contributed by atoms with Crippen molar-refractivity contribution in [1.82, 2.24) is 15.0 Å². The largest absolute Gasteiger partial charge is 0.330 e. The fourth-order valence-corrected chi connectivity index (χ4v) is 2.26. The molecule has 1 aliphatic rings. The summed E-state index contributed by atoms with van der Waals surface area (Å²) in [5, 5.41) is 16.9. The molecule has 2 rings (SSSR count). The highest BCUT2D eigenvalue weighted by Crippen LogP contribution is 2.35. The van der Waals surface area contributed by atoms with Gasteiger partial charge in [0.05, 0.1) is 12.2 Å². The second kappa shape index (κ2) is 4.41. The molecule has 0 radical (unpaired) electrons. The number of nitriles is 1. The van der Waals surface area contributed by atoms with Crippen molar-refractivity contribution in [3.05, 3.63) is 11.9 Å². The first-order valence-electron chi connectivity index (χ1n) is 5.35. The third-order valence-corrected chi connectivity index (χ3v) is 3.04. The Hall–Kier alpha value is -1.41. The molecule has 1 heterocycles. The molecule has 15 heavy (non-hydrogen) atoms. The molecule has 0 aromatic carbocycles. The maximum Gasteiger partial charge on any atom is 0.182 e. The van der Waals surface area contributed by atoms with Gasteiger partial charge in [-0.3, -0.25) is 0 Å². The van der Waals surface area contributed by atoms with Gasteiger partial charge in [0.2, 0.25) is 0 Å². The molecule has 2 N–H and O–H groups in total. The Morgan fingerprint density at radius 1 is 1.60 bits per heavy atom. The lowest BCUT2D eigenvalue weighted by molar-refractivity contribution is 0.391. The second-order valence-corrected chi connectivity index (χ2v) is 4.07. The van der Waals surface area contributed by atoms with E-state index in [2.05, 4.69) is 10.2 Å². The van der Waals surface area contributed by atoms with E-state index in [1.54, 1.807) is 4.80 Å². The maximum atomic E-state index is 8.65. The Bertz CT molecular complexity index is 364. The number of hydrogen-bond acceptors (Lipinski definition) is 4. The van der Waals surface area contributed by atoms with Crippen LogP contribution < -0.4 is 5.73 Å². The molecule has 5 nitrogen and oxygen atoms in total. The normalized spacial score (nSPS) is 25.3. The third kappa shape index (κ3) is 2.16. The summed E-state index contributed by atoms with van der Waals surface area (Å²) in [5.74, 6) is 0.705. The molecule has 80 valence electrons. The quantitative estimate of drug-likeness (QED) is 0.792. The first kappa shape index (κ1) is 10.1. The van der Waals surface area contributed by atoms with Crippen LogP contribution in [0.2, 0.25) is 0 Å². The first-order chi connectivity index (χ1) is 7.33. The van der Waals surface area contributed by atoms with Crippen LogP contribution in [0.15, 0.2) is 6.20 Å². The molecule has 0 spiro atoms. The summed E-state index contributed by atoms with van der Waals surface area (Å²) < 4.78 is 0. The molecule has 1 fully saturated rings. The van der Waals surface area contributed by atoms with Crippen LogP contribution in [0.4, 0.5) is 0 Å². The second-order valence-electron chi connectivity index (χ2n) is 4.07. The van der Waals surface area contributed by atoms with E-state index in [1.165, 1.54) is 12.6 Å². The van der Waals surface area contributed by atoms with Crippen LogP contribution in [-0.2, 0) is 0 Å². The molecule has 0 amide bonds.